The number of carboxylic acid groups (broad SMARTS) is 1. The van der Waals surface area contributed by atoms with Gasteiger partial charge in [0.15, 0.2) is 0 Å². The lowest BCUT2D eigenvalue weighted by atomic mass is 10.3. The number of hydrazone groups is 1. The van der Waals surface area contributed by atoms with Crippen LogP contribution in [0.3, 0.4) is 0 Å². The van der Waals surface area contributed by atoms with Gasteiger partial charge in [-0.1, -0.05) is 0 Å². The monoisotopic (exact) mass is 333 g/mol. The summed E-state index contributed by atoms with van der Waals surface area (Å²) in [6, 6.07) is 2.77. The van der Waals surface area contributed by atoms with Crippen molar-refractivity contribution in [1.29, 1.82) is 0 Å². The third-order valence-electron chi connectivity index (χ3n) is 2.51. The lowest BCUT2D eigenvalue weighted by molar-refractivity contribution is 0.0702. The molecule has 0 fully saturated rings. The van der Waals surface area contributed by atoms with Gasteiger partial charge in [0.2, 0.25) is 11.6 Å². The van der Waals surface area contributed by atoms with Crippen LogP contribution in [0.25, 0.3) is 0 Å². The van der Waals surface area contributed by atoms with Crippen LogP contribution >= 0.6 is 11.3 Å². The minimum Gasteiger partial charge on any atom is -0.477 e. The van der Waals surface area contributed by atoms with E-state index in [0.717, 1.165) is 11.3 Å². The zero-order chi connectivity index (χ0) is 16.4. The highest BCUT2D eigenvalue weighted by Crippen LogP contribution is 2.23. The van der Waals surface area contributed by atoms with Gasteiger partial charge in [-0.25, -0.2) is 4.79 Å². The molecule has 0 saturated heterocycles. The van der Waals surface area contributed by atoms with Gasteiger partial charge in [-0.05, 0) is 19.1 Å². The number of aromatic carboxylic acids is 1. The molecule has 0 unspecified atom stereocenters. The molecular formula is C12H7F4N3O2S. The highest BCUT2D eigenvalue weighted by atomic mass is 32.1. The first-order valence-corrected chi connectivity index (χ1v) is 6.46. The van der Waals surface area contributed by atoms with E-state index < -0.39 is 35.2 Å². The lowest BCUT2D eigenvalue weighted by Gasteiger charge is -2.06. The fraction of sp³-hybridized carbons (Fsp3) is 0.0833. The Hall–Kier alpha value is -2.49. The van der Waals surface area contributed by atoms with Crippen molar-refractivity contribution in [3.8, 4) is 0 Å². The Morgan fingerprint density at radius 2 is 1.73 bits per heavy atom. The molecule has 10 heteroatoms. The number of rotatable bonds is 4. The van der Waals surface area contributed by atoms with Gasteiger partial charge in [0.05, 0.1) is 10.6 Å². The minimum absolute atomic E-state index is 0.0444. The van der Waals surface area contributed by atoms with Crippen LogP contribution in [0.5, 0.6) is 0 Å². The Labute approximate surface area is 124 Å². The molecule has 116 valence electrons. The van der Waals surface area contributed by atoms with Crippen LogP contribution < -0.4 is 5.43 Å². The fourth-order valence-electron chi connectivity index (χ4n) is 1.43. The second-order valence-corrected chi connectivity index (χ2v) is 5.06. The molecule has 0 bridgehead atoms. The van der Waals surface area contributed by atoms with Crippen LogP contribution in [0.1, 0.15) is 21.5 Å². The molecule has 0 amide bonds. The van der Waals surface area contributed by atoms with Crippen LogP contribution in [0.15, 0.2) is 17.2 Å². The third-order valence-corrected chi connectivity index (χ3v) is 3.69. The summed E-state index contributed by atoms with van der Waals surface area (Å²) >= 11 is 0.881. The molecule has 2 N–H and O–H groups in total. The summed E-state index contributed by atoms with van der Waals surface area (Å²) in [5.41, 5.74) is 0.926. The number of anilines is 1. The molecule has 22 heavy (non-hydrogen) atoms. The Morgan fingerprint density at radius 1 is 1.18 bits per heavy atom. The third kappa shape index (κ3) is 3.06. The first kappa shape index (κ1) is 15.9. The summed E-state index contributed by atoms with van der Waals surface area (Å²) in [6.07, 6.45) is 0. The first-order chi connectivity index (χ1) is 10.3. The van der Waals surface area contributed by atoms with Crippen LogP contribution in [0, 0.1) is 23.5 Å². The van der Waals surface area contributed by atoms with Crippen molar-refractivity contribution in [3.05, 3.63) is 45.4 Å². The van der Waals surface area contributed by atoms with Gasteiger partial charge in [0, 0.05) is 0 Å². The number of carbonyl (C=O) groups is 1. The van der Waals surface area contributed by atoms with Crippen molar-refractivity contribution >= 4 is 28.7 Å². The second kappa shape index (κ2) is 6.10. The number of nitrogens with zero attached hydrogens (tertiary/aromatic N) is 2. The van der Waals surface area contributed by atoms with E-state index in [2.05, 4.69) is 10.1 Å². The van der Waals surface area contributed by atoms with Gasteiger partial charge >= 0.3 is 5.97 Å². The van der Waals surface area contributed by atoms with Crippen LogP contribution in [0.4, 0.5) is 23.2 Å². The molecule has 0 aromatic carbocycles. The van der Waals surface area contributed by atoms with Gasteiger partial charge in [-0.2, -0.15) is 27.6 Å². The smallest absolute Gasteiger partial charge is 0.345 e. The van der Waals surface area contributed by atoms with Crippen molar-refractivity contribution in [1.82, 2.24) is 4.98 Å². The van der Waals surface area contributed by atoms with E-state index in [9.17, 15) is 22.4 Å². The predicted octanol–water partition coefficient (Wildman–Crippen LogP) is 3.23. The van der Waals surface area contributed by atoms with E-state index in [1.165, 1.54) is 19.1 Å². The van der Waals surface area contributed by atoms with Crippen molar-refractivity contribution in [2.75, 3.05) is 5.43 Å². The molecule has 0 spiro atoms. The number of carboxylic acids is 1. The van der Waals surface area contributed by atoms with E-state index in [1.54, 1.807) is 0 Å². The number of thiophene rings is 1. The molecule has 0 aliphatic carbocycles. The number of hydrogen-bond acceptors (Lipinski definition) is 5. The molecule has 0 atom stereocenters. The van der Waals surface area contributed by atoms with Gasteiger partial charge in [0.25, 0.3) is 11.9 Å². The molecule has 0 aliphatic heterocycles. The quantitative estimate of drug-likeness (QED) is 0.390. The summed E-state index contributed by atoms with van der Waals surface area (Å²) in [6.45, 7) is 1.42. The highest BCUT2D eigenvalue weighted by Gasteiger charge is 2.20. The average Bonchev–Trinajstić information content (AvgIpc) is 2.95. The molecule has 0 aliphatic rings. The Balaban J connectivity index is 2.29. The topological polar surface area (TPSA) is 74.6 Å². The molecule has 0 radical (unpaired) electrons. The van der Waals surface area contributed by atoms with Crippen molar-refractivity contribution in [3.63, 3.8) is 0 Å². The number of halogens is 4. The second-order valence-electron chi connectivity index (χ2n) is 3.97. The van der Waals surface area contributed by atoms with E-state index in [1.807, 2.05) is 5.43 Å². The van der Waals surface area contributed by atoms with Gasteiger partial charge in [-0.15, -0.1) is 11.3 Å². The van der Waals surface area contributed by atoms with E-state index >= 15 is 0 Å². The van der Waals surface area contributed by atoms with Crippen molar-refractivity contribution < 1.29 is 27.5 Å². The highest BCUT2D eigenvalue weighted by molar-refractivity contribution is 7.15. The van der Waals surface area contributed by atoms with Crippen LogP contribution in [0.2, 0.25) is 0 Å². The van der Waals surface area contributed by atoms with Crippen molar-refractivity contribution in [2.24, 2.45) is 5.10 Å². The normalized spacial score (nSPS) is 11.6. The summed E-state index contributed by atoms with van der Waals surface area (Å²) in [4.78, 5) is 13.6. The summed E-state index contributed by atoms with van der Waals surface area (Å²) in [5, 5.41) is 12.4. The van der Waals surface area contributed by atoms with Crippen LogP contribution in [-0.2, 0) is 0 Å². The maximum Gasteiger partial charge on any atom is 0.345 e. The molecule has 0 saturated carbocycles. The molecule has 5 nitrogen and oxygen atoms in total. The van der Waals surface area contributed by atoms with Gasteiger partial charge in [0.1, 0.15) is 10.6 Å². The fourth-order valence-corrected chi connectivity index (χ4v) is 2.22. The summed E-state index contributed by atoms with van der Waals surface area (Å²) in [5.74, 6) is -8.18. The maximum absolute atomic E-state index is 13.4. The van der Waals surface area contributed by atoms with E-state index in [-0.39, 0.29) is 10.6 Å². The number of pyridine rings is 1. The van der Waals surface area contributed by atoms with Crippen molar-refractivity contribution in [2.45, 2.75) is 6.92 Å². The maximum atomic E-state index is 13.4. The lowest BCUT2D eigenvalue weighted by Crippen LogP contribution is -2.07. The molecule has 2 aromatic rings. The standard InChI is InChI=1S/C12H7F4N3O2S/c1-4(5-2-3-6(22-5)12(20)21)18-19-9-7(13)10(15)17-11(16)8(9)14/h2-3H,1H3,(H,17,19)(H,20,21)/b18-4-. The molecule has 2 heterocycles. The minimum atomic E-state index is -1.81. The Morgan fingerprint density at radius 3 is 2.23 bits per heavy atom. The Bertz CT molecular complexity index is 750. The molecular weight excluding hydrogens is 326 g/mol. The molecule has 2 aromatic heterocycles. The number of nitrogens with one attached hydrogen (secondary N) is 1. The van der Waals surface area contributed by atoms with Gasteiger partial charge < -0.3 is 5.11 Å². The predicted molar refractivity (Wildman–Crippen MR) is 71.2 cm³/mol. The summed E-state index contributed by atoms with van der Waals surface area (Å²) in [7, 11) is 0. The van der Waals surface area contributed by atoms with Crippen LogP contribution in [-0.4, -0.2) is 21.8 Å². The number of hydrogen-bond donors (Lipinski definition) is 2. The zero-order valence-corrected chi connectivity index (χ0v) is 11.6. The average molecular weight is 333 g/mol. The zero-order valence-electron chi connectivity index (χ0n) is 10.8. The summed E-state index contributed by atoms with van der Waals surface area (Å²) < 4.78 is 52.5. The van der Waals surface area contributed by atoms with Gasteiger partial charge in [-0.3, -0.25) is 5.43 Å². The SMILES string of the molecule is C/C(=N/Nc1c(F)c(F)nc(F)c1F)c1ccc(C(=O)O)s1. The van der Waals surface area contributed by atoms with E-state index in [0.29, 0.717) is 4.88 Å². The van der Waals surface area contributed by atoms with E-state index in [4.69, 9.17) is 5.11 Å². The Kier molecular flexibility index (Phi) is 4.40. The largest absolute Gasteiger partial charge is 0.477 e. The molecule has 2 rings (SSSR count). The first-order valence-electron chi connectivity index (χ1n) is 5.65. The number of aromatic nitrogens is 1.